The predicted octanol–water partition coefficient (Wildman–Crippen LogP) is 6.44. The molecule has 4 rings (SSSR count). The summed E-state index contributed by atoms with van der Waals surface area (Å²) < 4.78 is 22.3. The first kappa shape index (κ1) is 23.5. The van der Waals surface area contributed by atoms with Crippen molar-refractivity contribution >= 4 is 10.8 Å². The van der Waals surface area contributed by atoms with Gasteiger partial charge < -0.3 is 18.9 Å². The van der Waals surface area contributed by atoms with E-state index < -0.39 is 0 Å². The fourth-order valence-electron chi connectivity index (χ4n) is 4.53. The first-order valence-corrected chi connectivity index (χ1v) is 11.6. The maximum atomic E-state index is 5.88. The number of para-hydroxylation sites is 1. The average Bonchev–Trinajstić information content (AvgIpc) is 2.89. The van der Waals surface area contributed by atoms with E-state index in [9.17, 15) is 0 Å². The largest absolute Gasteiger partial charge is 0.496 e. The van der Waals surface area contributed by atoms with Crippen molar-refractivity contribution in [2.45, 2.75) is 25.7 Å². The van der Waals surface area contributed by atoms with Gasteiger partial charge in [0, 0.05) is 0 Å². The van der Waals surface area contributed by atoms with Crippen LogP contribution in [0.3, 0.4) is 0 Å². The number of ether oxygens (including phenoxy) is 4. The van der Waals surface area contributed by atoms with Gasteiger partial charge in [0.15, 0.2) is 11.5 Å². The molecule has 0 aliphatic carbocycles. The summed E-state index contributed by atoms with van der Waals surface area (Å²) in [6, 6.07) is 25.7. The number of hydrogen-bond donors (Lipinski definition) is 0. The van der Waals surface area contributed by atoms with Gasteiger partial charge in [0.05, 0.1) is 28.4 Å². The Morgan fingerprint density at radius 3 is 1.65 bits per heavy atom. The van der Waals surface area contributed by atoms with Gasteiger partial charge in [0.2, 0.25) is 5.75 Å². The van der Waals surface area contributed by atoms with Crippen LogP contribution >= 0.6 is 0 Å². The molecule has 0 saturated carbocycles. The monoisotopic (exact) mass is 456 g/mol. The SMILES string of the molecule is COc1cc(CCc2cccc(CCc3ccc4ccccc4c3)c2OC)cc(OC)c1OC. The van der Waals surface area contributed by atoms with Crippen molar-refractivity contribution in [3.8, 4) is 23.0 Å². The number of benzene rings is 4. The molecule has 4 aromatic carbocycles. The number of fused-ring (bicyclic) bond motifs is 1. The fourth-order valence-corrected chi connectivity index (χ4v) is 4.53. The quantitative estimate of drug-likeness (QED) is 0.275. The highest BCUT2D eigenvalue weighted by atomic mass is 16.5. The van der Waals surface area contributed by atoms with Crippen LogP contribution in [0.1, 0.15) is 22.3 Å². The van der Waals surface area contributed by atoms with Gasteiger partial charge in [-0.15, -0.1) is 0 Å². The Morgan fingerprint density at radius 2 is 1.06 bits per heavy atom. The minimum absolute atomic E-state index is 0.613. The highest BCUT2D eigenvalue weighted by molar-refractivity contribution is 5.83. The van der Waals surface area contributed by atoms with E-state index in [4.69, 9.17) is 18.9 Å². The molecule has 0 spiro atoms. The zero-order valence-electron chi connectivity index (χ0n) is 20.4. The van der Waals surface area contributed by atoms with Crippen LogP contribution in [0.5, 0.6) is 23.0 Å². The van der Waals surface area contributed by atoms with E-state index >= 15 is 0 Å². The Kier molecular flexibility index (Phi) is 7.58. The molecule has 0 bridgehead atoms. The van der Waals surface area contributed by atoms with Crippen LogP contribution in [0.25, 0.3) is 10.8 Å². The van der Waals surface area contributed by atoms with E-state index in [1.807, 2.05) is 12.1 Å². The van der Waals surface area contributed by atoms with Crippen LogP contribution in [0.15, 0.2) is 72.8 Å². The second-order valence-corrected chi connectivity index (χ2v) is 8.32. The molecule has 0 radical (unpaired) electrons. The molecule has 0 atom stereocenters. The molecular weight excluding hydrogens is 424 g/mol. The summed E-state index contributed by atoms with van der Waals surface area (Å²) in [6.07, 6.45) is 3.59. The third-order valence-electron chi connectivity index (χ3n) is 6.29. The second-order valence-electron chi connectivity index (χ2n) is 8.32. The maximum absolute atomic E-state index is 5.88. The molecule has 0 N–H and O–H groups in total. The first-order valence-electron chi connectivity index (χ1n) is 11.6. The summed E-state index contributed by atoms with van der Waals surface area (Å²) in [4.78, 5) is 0. The lowest BCUT2D eigenvalue weighted by Crippen LogP contribution is -2.02. The molecule has 0 aromatic heterocycles. The molecule has 34 heavy (non-hydrogen) atoms. The summed E-state index contributed by atoms with van der Waals surface area (Å²) in [5, 5.41) is 2.56. The highest BCUT2D eigenvalue weighted by Gasteiger charge is 2.15. The van der Waals surface area contributed by atoms with Crippen LogP contribution in [0.2, 0.25) is 0 Å². The van der Waals surface area contributed by atoms with Gasteiger partial charge in [0.25, 0.3) is 0 Å². The summed E-state index contributed by atoms with van der Waals surface area (Å²) in [7, 11) is 6.67. The standard InChI is InChI=1S/C30H32O4/c1-31-27-19-22(20-28(32-2)30(27)34-4)14-17-25-11-7-10-24(29(25)33-3)16-13-21-12-15-23-8-5-6-9-26(23)18-21/h5-12,15,18-20H,13-14,16-17H2,1-4H3. The lowest BCUT2D eigenvalue weighted by atomic mass is 9.96. The van der Waals surface area contributed by atoms with Crippen molar-refractivity contribution < 1.29 is 18.9 Å². The molecule has 176 valence electrons. The van der Waals surface area contributed by atoms with Crippen LogP contribution < -0.4 is 18.9 Å². The number of methoxy groups -OCH3 is 4. The number of aryl methyl sites for hydroxylation is 4. The van der Waals surface area contributed by atoms with Gasteiger partial charge in [-0.05, 0) is 70.8 Å². The molecule has 0 unspecified atom stereocenters. The maximum Gasteiger partial charge on any atom is 0.203 e. The lowest BCUT2D eigenvalue weighted by Gasteiger charge is -2.16. The van der Waals surface area contributed by atoms with Crippen molar-refractivity contribution in [2.75, 3.05) is 28.4 Å². The summed E-state index contributed by atoms with van der Waals surface area (Å²) in [5.74, 6) is 2.94. The number of hydrogen-bond acceptors (Lipinski definition) is 4. The normalized spacial score (nSPS) is 10.8. The van der Waals surface area contributed by atoms with Crippen LogP contribution in [0.4, 0.5) is 0 Å². The van der Waals surface area contributed by atoms with Crippen molar-refractivity contribution in [3.05, 3.63) is 95.1 Å². The van der Waals surface area contributed by atoms with Gasteiger partial charge in [-0.25, -0.2) is 0 Å². The molecular formula is C30H32O4. The van der Waals surface area contributed by atoms with E-state index in [0.29, 0.717) is 17.2 Å². The molecule has 0 heterocycles. The minimum Gasteiger partial charge on any atom is -0.496 e. The molecule has 4 nitrogen and oxygen atoms in total. The summed E-state index contributed by atoms with van der Waals surface area (Å²) >= 11 is 0. The summed E-state index contributed by atoms with van der Waals surface area (Å²) in [6.45, 7) is 0. The third-order valence-corrected chi connectivity index (χ3v) is 6.29. The third kappa shape index (κ3) is 5.12. The summed E-state index contributed by atoms with van der Waals surface area (Å²) in [5.41, 5.74) is 4.90. The van der Waals surface area contributed by atoms with Crippen LogP contribution in [-0.4, -0.2) is 28.4 Å². The Balaban J connectivity index is 1.50. The van der Waals surface area contributed by atoms with Gasteiger partial charge in [-0.1, -0.05) is 60.7 Å². The van der Waals surface area contributed by atoms with Crippen LogP contribution in [0, 0.1) is 0 Å². The molecule has 0 aliphatic heterocycles. The molecule has 0 amide bonds. The van der Waals surface area contributed by atoms with Gasteiger partial charge in [-0.3, -0.25) is 0 Å². The average molecular weight is 457 g/mol. The zero-order chi connectivity index (χ0) is 23.9. The molecule has 4 aromatic rings. The smallest absolute Gasteiger partial charge is 0.203 e. The van der Waals surface area contributed by atoms with Crippen molar-refractivity contribution in [1.29, 1.82) is 0 Å². The van der Waals surface area contributed by atoms with E-state index in [1.165, 1.54) is 27.5 Å². The Labute approximate surface area is 202 Å². The van der Waals surface area contributed by atoms with E-state index in [0.717, 1.165) is 37.0 Å². The Bertz CT molecular complexity index is 1240. The van der Waals surface area contributed by atoms with Gasteiger partial charge >= 0.3 is 0 Å². The Morgan fingerprint density at radius 1 is 0.471 bits per heavy atom. The van der Waals surface area contributed by atoms with E-state index in [1.54, 1.807) is 28.4 Å². The van der Waals surface area contributed by atoms with Gasteiger partial charge in [-0.2, -0.15) is 0 Å². The lowest BCUT2D eigenvalue weighted by molar-refractivity contribution is 0.324. The predicted molar refractivity (Wildman–Crippen MR) is 138 cm³/mol. The van der Waals surface area contributed by atoms with Crippen molar-refractivity contribution in [2.24, 2.45) is 0 Å². The second kappa shape index (κ2) is 11.0. The molecule has 0 aliphatic rings. The van der Waals surface area contributed by atoms with E-state index in [-0.39, 0.29) is 0 Å². The Hall–Kier alpha value is -3.66. The van der Waals surface area contributed by atoms with E-state index in [2.05, 4.69) is 60.7 Å². The van der Waals surface area contributed by atoms with Crippen LogP contribution in [-0.2, 0) is 25.7 Å². The topological polar surface area (TPSA) is 36.9 Å². The fraction of sp³-hybridized carbons (Fsp3) is 0.267. The van der Waals surface area contributed by atoms with Crippen molar-refractivity contribution in [3.63, 3.8) is 0 Å². The highest BCUT2D eigenvalue weighted by Crippen LogP contribution is 2.38. The minimum atomic E-state index is 0.613. The molecule has 0 saturated heterocycles. The first-order chi connectivity index (χ1) is 16.7. The number of rotatable bonds is 10. The molecule has 0 fully saturated rings. The molecule has 4 heteroatoms. The van der Waals surface area contributed by atoms with Gasteiger partial charge in [0.1, 0.15) is 5.75 Å². The zero-order valence-corrected chi connectivity index (χ0v) is 20.4. The van der Waals surface area contributed by atoms with Crippen molar-refractivity contribution in [1.82, 2.24) is 0 Å².